The minimum absolute atomic E-state index is 0.0162. The SMILES string of the molecule is O=C(NC/C=C(\F)C(F)(F)S(=O)(=O)c1ccccc1N1CCSCC1)c1ccccc1C(=O)N1CCSCC1. The third kappa shape index (κ3) is 6.41. The first-order valence-electron chi connectivity index (χ1n) is 12.3. The van der Waals surface area contributed by atoms with Crippen LogP contribution in [-0.4, -0.2) is 86.1 Å². The first kappa shape index (κ1) is 29.3. The smallest absolute Gasteiger partial charge is 0.369 e. The molecule has 39 heavy (non-hydrogen) atoms. The van der Waals surface area contributed by atoms with Crippen LogP contribution in [0.5, 0.6) is 0 Å². The summed E-state index contributed by atoms with van der Waals surface area (Å²) in [6, 6.07) is 11.4. The molecule has 2 fully saturated rings. The van der Waals surface area contributed by atoms with E-state index >= 15 is 8.78 Å². The van der Waals surface area contributed by atoms with Crippen LogP contribution in [0.15, 0.2) is 65.3 Å². The highest BCUT2D eigenvalue weighted by Gasteiger charge is 2.51. The molecular weight excluding hydrogens is 571 g/mol. The average Bonchev–Trinajstić information content (AvgIpc) is 2.97. The fourth-order valence-electron chi connectivity index (χ4n) is 4.27. The van der Waals surface area contributed by atoms with E-state index in [2.05, 4.69) is 5.32 Å². The van der Waals surface area contributed by atoms with Crippen molar-refractivity contribution in [2.75, 3.05) is 60.6 Å². The lowest BCUT2D eigenvalue weighted by Gasteiger charge is -2.30. The van der Waals surface area contributed by atoms with Crippen LogP contribution in [0.3, 0.4) is 0 Å². The number of para-hydroxylation sites is 1. The molecule has 0 aliphatic carbocycles. The monoisotopic (exact) mass is 599 g/mol. The van der Waals surface area contributed by atoms with Crippen LogP contribution in [0, 0.1) is 0 Å². The van der Waals surface area contributed by atoms with Gasteiger partial charge in [-0.25, -0.2) is 12.8 Å². The lowest BCUT2D eigenvalue weighted by Crippen LogP contribution is -2.39. The Balaban J connectivity index is 1.48. The van der Waals surface area contributed by atoms with Crippen LogP contribution in [0.1, 0.15) is 20.7 Å². The molecule has 0 unspecified atom stereocenters. The van der Waals surface area contributed by atoms with Crippen LogP contribution >= 0.6 is 23.5 Å². The highest BCUT2D eigenvalue weighted by atomic mass is 32.2. The standard InChI is InChI=1S/C26H28F3N3O4S3/c27-23(26(28,29)39(35,36)22-8-4-3-7-21(22)31-11-15-37-16-12-31)9-10-30-24(33)19-5-1-2-6-20(19)25(34)32-13-17-38-18-14-32/h1-9H,10-18H2,(H,30,33)/b23-9-. The Hall–Kier alpha value is -2.64. The summed E-state index contributed by atoms with van der Waals surface area (Å²) in [5, 5.41) is -2.56. The summed E-state index contributed by atoms with van der Waals surface area (Å²) in [4.78, 5) is 28.4. The van der Waals surface area contributed by atoms with Gasteiger partial charge in [-0.2, -0.15) is 32.3 Å². The van der Waals surface area contributed by atoms with E-state index in [1.54, 1.807) is 51.5 Å². The predicted molar refractivity (Wildman–Crippen MR) is 149 cm³/mol. The van der Waals surface area contributed by atoms with Crippen molar-refractivity contribution in [3.8, 4) is 0 Å². The van der Waals surface area contributed by atoms with Crippen molar-refractivity contribution < 1.29 is 31.2 Å². The van der Waals surface area contributed by atoms with E-state index < -0.39 is 38.3 Å². The van der Waals surface area contributed by atoms with E-state index in [0.717, 1.165) is 17.6 Å². The van der Waals surface area contributed by atoms with E-state index in [-0.39, 0.29) is 22.7 Å². The number of hydrogen-bond donors (Lipinski definition) is 1. The summed E-state index contributed by atoms with van der Waals surface area (Å²) in [5.41, 5.74) is 0.265. The van der Waals surface area contributed by atoms with Crippen LogP contribution in [0.2, 0.25) is 0 Å². The normalized spacial score (nSPS) is 17.2. The topological polar surface area (TPSA) is 86.8 Å². The molecule has 0 bridgehead atoms. The van der Waals surface area contributed by atoms with Crippen molar-refractivity contribution >= 4 is 50.9 Å². The average molecular weight is 600 g/mol. The third-order valence-corrected chi connectivity index (χ3v) is 10.0. The Kier molecular flexibility index (Phi) is 9.55. The number of halogens is 3. The molecule has 2 aliphatic heterocycles. The number of anilines is 1. The Morgan fingerprint density at radius 2 is 1.46 bits per heavy atom. The number of rotatable bonds is 8. The first-order chi connectivity index (χ1) is 18.6. The maximum absolute atomic E-state index is 15.0. The number of nitrogens with one attached hydrogen (secondary N) is 1. The van der Waals surface area contributed by atoms with Gasteiger partial charge in [0.25, 0.3) is 21.7 Å². The van der Waals surface area contributed by atoms with Crippen molar-refractivity contribution in [2.24, 2.45) is 0 Å². The van der Waals surface area contributed by atoms with Gasteiger partial charge in [0.15, 0.2) is 5.83 Å². The molecule has 0 spiro atoms. The maximum atomic E-state index is 15.0. The zero-order valence-corrected chi connectivity index (χ0v) is 23.4. The predicted octanol–water partition coefficient (Wildman–Crippen LogP) is 4.08. The number of nitrogens with zero attached hydrogens (tertiary/aromatic N) is 2. The second-order valence-electron chi connectivity index (χ2n) is 8.80. The summed E-state index contributed by atoms with van der Waals surface area (Å²) in [7, 11) is -5.44. The van der Waals surface area contributed by atoms with Gasteiger partial charge in [-0.1, -0.05) is 24.3 Å². The molecule has 0 saturated carbocycles. The van der Waals surface area contributed by atoms with Gasteiger partial charge < -0.3 is 15.1 Å². The van der Waals surface area contributed by atoms with Crippen molar-refractivity contribution in [1.82, 2.24) is 10.2 Å². The Bertz CT molecular complexity index is 1340. The molecule has 210 valence electrons. The fraction of sp³-hybridized carbons (Fsp3) is 0.385. The quantitative estimate of drug-likeness (QED) is 0.490. The van der Waals surface area contributed by atoms with Crippen LogP contribution in [0.4, 0.5) is 18.9 Å². The molecule has 0 aromatic heterocycles. The summed E-state index contributed by atoms with van der Waals surface area (Å²) < 4.78 is 70.7. The first-order valence-corrected chi connectivity index (χ1v) is 16.1. The maximum Gasteiger partial charge on any atom is 0.400 e. The largest absolute Gasteiger partial charge is 0.400 e. The van der Waals surface area contributed by atoms with E-state index in [4.69, 9.17) is 0 Å². The van der Waals surface area contributed by atoms with E-state index in [1.807, 2.05) is 0 Å². The van der Waals surface area contributed by atoms with Gasteiger partial charge in [-0.05, 0) is 30.3 Å². The lowest BCUT2D eigenvalue weighted by molar-refractivity contribution is 0.0765. The molecule has 2 aromatic carbocycles. The van der Waals surface area contributed by atoms with Gasteiger partial charge in [-0.15, -0.1) is 0 Å². The molecule has 2 aliphatic rings. The summed E-state index contributed by atoms with van der Waals surface area (Å²) in [6.45, 7) is 1.33. The van der Waals surface area contributed by atoms with Crippen LogP contribution in [-0.2, 0) is 9.84 Å². The molecule has 0 atom stereocenters. The number of carbonyl (C=O) groups is 2. The van der Waals surface area contributed by atoms with Gasteiger partial charge >= 0.3 is 5.25 Å². The van der Waals surface area contributed by atoms with Crippen molar-refractivity contribution in [3.05, 3.63) is 71.6 Å². The third-order valence-electron chi connectivity index (χ3n) is 6.37. The van der Waals surface area contributed by atoms with Crippen molar-refractivity contribution in [3.63, 3.8) is 0 Å². The molecule has 4 rings (SSSR count). The molecule has 2 amide bonds. The molecule has 1 N–H and O–H groups in total. The van der Waals surface area contributed by atoms with Gasteiger partial charge in [0, 0.05) is 55.7 Å². The van der Waals surface area contributed by atoms with Crippen molar-refractivity contribution in [1.29, 1.82) is 0 Å². The van der Waals surface area contributed by atoms with E-state index in [9.17, 15) is 22.4 Å². The van der Waals surface area contributed by atoms with Gasteiger partial charge in [0.05, 0.1) is 21.7 Å². The zero-order valence-electron chi connectivity index (χ0n) is 20.9. The molecule has 0 radical (unpaired) electrons. The Morgan fingerprint density at radius 1 is 0.897 bits per heavy atom. The fourth-order valence-corrected chi connectivity index (χ4v) is 7.42. The highest BCUT2D eigenvalue weighted by Crippen LogP contribution is 2.40. The number of thioether (sulfide) groups is 2. The van der Waals surface area contributed by atoms with E-state index in [1.165, 1.54) is 24.3 Å². The van der Waals surface area contributed by atoms with Gasteiger partial charge in [0.1, 0.15) is 0 Å². The number of sulfone groups is 1. The molecule has 2 heterocycles. The molecule has 7 nitrogen and oxygen atoms in total. The zero-order chi connectivity index (χ0) is 28.0. The number of carbonyl (C=O) groups excluding carboxylic acids is 2. The Morgan fingerprint density at radius 3 is 2.13 bits per heavy atom. The molecule has 2 aromatic rings. The highest BCUT2D eigenvalue weighted by molar-refractivity contribution is 7.99. The minimum atomic E-state index is -5.44. The molecule has 2 saturated heterocycles. The minimum Gasteiger partial charge on any atom is -0.369 e. The van der Waals surface area contributed by atoms with Gasteiger partial charge in [0.2, 0.25) is 0 Å². The summed E-state index contributed by atoms with van der Waals surface area (Å²) >= 11 is 3.39. The van der Waals surface area contributed by atoms with Crippen LogP contribution in [0.25, 0.3) is 0 Å². The Labute approximate surface area is 234 Å². The summed E-state index contributed by atoms with van der Waals surface area (Å²) in [6.07, 6.45) is 0.335. The van der Waals surface area contributed by atoms with Crippen LogP contribution < -0.4 is 10.2 Å². The molecular formula is C26H28F3N3O4S3. The lowest BCUT2D eigenvalue weighted by atomic mass is 10.1. The number of amides is 2. The summed E-state index contributed by atoms with van der Waals surface area (Å²) in [5.74, 6) is -0.303. The molecule has 13 heteroatoms. The second-order valence-corrected chi connectivity index (χ2v) is 13.2. The number of benzene rings is 2. The number of hydrogen-bond acceptors (Lipinski definition) is 7. The van der Waals surface area contributed by atoms with Gasteiger partial charge in [-0.3, -0.25) is 9.59 Å². The van der Waals surface area contributed by atoms with Crippen molar-refractivity contribution in [2.45, 2.75) is 10.2 Å². The second kappa shape index (κ2) is 12.7. The number of alkyl halides is 2. The van der Waals surface area contributed by atoms with E-state index in [0.29, 0.717) is 43.8 Å².